The Balaban J connectivity index is 1.79. The molecular formula is C13H15N5O2. The van der Waals surface area contributed by atoms with Gasteiger partial charge in [-0.2, -0.15) is 0 Å². The van der Waals surface area contributed by atoms with Crippen molar-refractivity contribution in [2.24, 2.45) is 0 Å². The summed E-state index contributed by atoms with van der Waals surface area (Å²) in [4.78, 5) is 14.1. The van der Waals surface area contributed by atoms with Crippen LogP contribution in [0.4, 0.5) is 0 Å². The number of aliphatic hydroxyl groups is 1. The monoisotopic (exact) mass is 273 g/mol. The zero-order valence-electron chi connectivity index (χ0n) is 10.9. The van der Waals surface area contributed by atoms with Crippen molar-refractivity contribution in [1.82, 2.24) is 25.1 Å². The van der Waals surface area contributed by atoms with Gasteiger partial charge in [-0.1, -0.05) is 0 Å². The minimum atomic E-state index is -0.0540. The number of likely N-dealkylation sites (tertiary alicyclic amines) is 1. The molecule has 3 rings (SSSR count). The summed E-state index contributed by atoms with van der Waals surface area (Å²) >= 11 is 0. The zero-order chi connectivity index (χ0) is 13.9. The third kappa shape index (κ3) is 2.27. The molecule has 0 bridgehead atoms. The highest BCUT2D eigenvalue weighted by Gasteiger charge is 2.28. The van der Waals surface area contributed by atoms with Crippen molar-refractivity contribution in [1.29, 1.82) is 0 Å². The first-order chi connectivity index (χ1) is 9.79. The van der Waals surface area contributed by atoms with Gasteiger partial charge in [0.15, 0.2) is 0 Å². The molecule has 7 nitrogen and oxygen atoms in total. The Kier molecular flexibility index (Phi) is 3.42. The Hall–Kier alpha value is -2.28. The minimum absolute atomic E-state index is 0.0223. The smallest absolute Gasteiger partial charge is 0.254 e. The van der Waals surface area contributed by atoms with Crippen molar-refractivity contribution >= 4 is 5.91 Å². The van der Waals surface area contributed by atoms with Crippen LogP contribution < -0.4 is 0 Å². The lowest BCUT2D eigenvalue weighted by Gasteiger charge is -2.23. The number of rotatable bonds is 3. The molecule has 1 atom stereocenters. The summed E-state index contributed by atoms with van der Waals surface area (Å²) < 4.78 is 1.53. The van der Waals surface area contributed by atoms with Crippen LogP contribution in [0.15, 0.2) is 30.6 Å². The molecule has 1 unspecified atom stereocenters. The second kappa shape index (κ2) is 5.38. The second-order valence-electron chi connectivity index (χ2n) is 4.78. The topological polar surface area (TPSA) is 84.1 Å². The number of nitrogens with zero attached hydrogens (tertiary/aromatic N) is 5. The molecule has 1 aliphatic heterocycles. The molecule has 1 N–H and O–H groups in total. The highest BCUT2D eigenvalue weighted by molar-refractivity contribution is 5.94. The Morgan fingerprint density at radius 3 is 2.80 bits per heavy atom. The van der Waals surface area contributed by atoms with Crippen molar-refractivity contribution < 1.29 is 9.90 Å². The number of aromatic nitrogens is 4. The molecular weight excluding hydrogens is 258 g/mol. The van der Waals surface area contributed by atoms with E-state index in [9.17, 15) is 9.90 Å². The zero-order valence-corrected chi connectivity index (χ0v) is 10.9. The highest BCUT2D eigenvalue weighted by atomic mass is 16.3. The molecule has 0 saturated carbocycles. The number of aliphatic hydroxyl groups excluding tert-OH is 1. The average Bonchev–Trinajstić information content (AvgIpc) is 3.17. The number of amides is 1. The quantitative estimate of drug-likeness (QED) is 0.867. The molecule has 1 aromatic heterocycles. The van der Waals surface area contributed by atoms with Gasteiger partial charge in [0, 0.05) is 12.1 Å². The molecule has 1 aliphatic rings. The van der Waals surface area contributed by atoms with Crippen LogP contribution >= 0.6 is 0 Å². The fourth-order valence-electron chi connectivity index (χ4n) is 2.50. The van der Waals surface area contributed by atoms with Crippen LogP contribution in [0.3, 0.4) is 0 Å². The van der Waals surface area contributed by atoms with Crippen molar-refractivity contribution in [3.05, 3.63) is 36.2 Å². The van der Waals surface area contributed by atoms with Gasteiger partial charge in [-0.05, 0) is 47.5 Å². The predicted octanol–water partition coefficient (Wildman–Crippen LogP) is 0.259. The molecule has 0 aliphatic carbocycles. The first-order valence-corrected chi connectivity index (χ1v) is 6.55. The molecule has 2 aromatic rings. The Morgan fingerprint density at radius 2 is 2.15 bits per heavy atom. The first-order valence-electron chi connectivity index (χ1n) is 6.55. The lowest BCUT2D eigenvalue weighted by atomic mass is 10.1. The van der Waals surface area contributed by atoms with Crippen LogP contribution in [0.25, 0.3) is 5.69 Å². The predicted molar refractivity (Wildman–Crippen MR) is 70.3 cm³/mol. The van der Waals surface area contributed by atoms with Gasteiger partial charge in [0.25, 0.3) is 5.91 Å². The molecule has 0 spiro atoms. The third-order valence-corrected chi connectivity index (χ3v) is 3.58. The van der Waals surface area contributed by atoms with Crippen LogP contribution in [-0.4, -0.2) is 55.3 Å². The van der Waals surface area contributed by atoms with E-state index >= 15 is 0 Å². The van der Waals surface area contributed by atoms with Crippen LogP contribution in [0, 0.1) is 0 Å². The van der Waals surface area contributed by atoms with E-state index in [2.05, 4.69) is 15.5 Å². The van der Waals surface area contributed by atoms with E-state index in [-0.39, 0.29) is 18.6 Å². The van der Waals surface area contributed by atoms with Gasteiger partial charge in [0.2, 0.25) is 0 Å². The van der Waals surface area contributed by atoms with Crippen LogP contribution in [0.5, 0.6) is 0 Å². The van der Waals surface area contributed by atoms with Gasteiger partial charge in [0.05, 0.1) is 18.3 Å². The van der Waals surface area contributed by atoms with Crippen molar-refractivity contribution in [2.75, 3.05) is 13.2 Å². The summed E-state index contributed by atoms with van der Waals surface area (Å²) in [6, 6.07) is 7.06. The van der Waals surface area contributed by atoms with E-state index in [4.69, 9.17) is 0 Å². The number of hydrogen-bond acceptors (Lipinski definition) is 5. The third-order valence-electron chi connectivity index (χ3n) is 3.58. The maximum absolute atomic E-state index is 12.4. The van der Waals surface area contributed by atoms with Gasteiger partial charge in [-0.25, -0.2) is 4.68 Å². The minimum Gasteiger partial charge on any atom is -0.394 e. The molecule has 20 heavy (non-hydrogen) atoms. The SMILES string of the molecule is O=C(c1ccc(-n2cnnn2)cc1)N1CCCC1CO. The maximum Gasteiger partial charge on any atom is 0.254 e. The molecule has 1 saturated heterocycles. The van der Waals surface area contributed by atoms with Gasteiger partial charge in [-0.15, -0.1) is 5.10 Å². The van der Waals surface area contributed by atoms with E-state index in [1.165, 1.54) is 11.0 Å². The van der Waals surface area contributed by atoms with Gasteiger partial charge in [-0.3, -0.25) is 4.79 Å². The lowest BCUT2D eigenvalue weighted by Crippen LogP contribution is -2.37. The van der Waals surface area contributed by atoms with E-state index in [1.807, 2.05) is 0 Å². The molecule has 2 heterocycles. The number of benzene rings is 1. The van der Waals surface area contributed by atoms with Crippen LogP contribution in [-0.2, 0) is 0 Å². The largest absolute Gasteiger partial charge is 0.394 e. The number of hydrogen-bond donors (Lipinski definition) is 1. The molecule has 7 heteroatoms. The van der Waals surface area contributed by atoms with Gasteiger partial charge < -0.3 is 10.0 Å². The second-order valence-corrected chi connectivity index (χ2v) is 4.78. The molecule has 1 amide bonds. The summed E-state index contributed by atoms with van der Waals surface area (Å²) in [5.74, 6) is -0.0372. The van der Waals surface area contributed by atoms with Crippen LogP contribution in [0.2, 0.25) is 0 Å². The van der Waals surface area contributed by atoms with Crippen molar-refractivity contribution in [3.8, 4) is 5.69 Å². The highest BCUT2D eigenvalue weighted by Crippen LogP contribution is 2.20. The lowest BCUT2D eigenvalue weighted by molar-refractivity contribution is 0.0677. The fraction of sp³-hybridized carbons (Fsp3) is 0.385. The van der Waals surface area contributed by atoms with E-state index < -0.39 is 0 Å². The summed E-state index contributed by atoms with van der Waals surface area (Å²) in [6.45, 7) is 0.729. The summed E-state index contributed by atoms with van der Waals surface area (Å²) in [6.07, 6.45) is 3.31. The Bertz CT molecular complexity index is 581. The van der Waals surface area contributed by atoms with Crippen molar-refractivity contribution in [3.63, 3.8) is 0 Å². The van der Waals surface area contributed by atoms with Gasteiger partial charge >= 0.3 is 0 Å². The maximum atomic E-state index is 12.4. The van der Waals surface area contributed by atoms with E-state index in [0.717, 1.165) is 18.5 Å². The number of carbonyl (C=O) groups excluding carboxylic acids is 1. The molecule has 1 fully saturated rings. The van der Waals surface area contributed by atoms with Gasteiger partial charge in [0.1, 0.15) is 6.33 Å². The Morgan fingerprint density at radius 1 is 1.35 bits per heavy atom. The molecule has 0 radical (unpaired) electrons. The summed E-state index contributed by atoms with van der Waals surface area (Å²) in [7, 11) is 0. The van der Waals surface area contributed by atoms with Crippen molar-refractivity contribution in [2.45, 2.75) is 18.9 Å². The first kappa shape index (κ1) is 12.7. The van der Waals surface area contributed by atoms with Crippen LogP contribution in [0.1, 0.15) is 23.2 Å². The number of tetrazole rings is 1. The Labute approximate surface area is 115 Å². The fourth-order valence-corrected chi connectivity index (χ4v) is 2.50. The standard InChI is InChI=1S/C13H15N5O2/c19-8-12-2-1-7-17(12)13(20)10-3-5-11(6-4-10)18-9-14-15-16-18/h3-6,9,12,19H,1-2,7-8H2. The summed E-state index contributed by atoms with van der Waals surface area (Å²) in [5, 5.41) is 20.2. The van der Waals surface area contributed by atoms with E-state index in [1.54, 1.807) is 29.2 Å². The molecule has 1 aromatic carbocycles. The number of carbonyl (C=O) groups is 1. The normalized spacial score (nSPS) is 18.4. The summed E-state index contributed by atoms with van der Waals surface area (Å²) in [5.41, 5.74) is 1.41. The average molecular weight is 273 g/mol. The van der Waals surface area contributed by atoms with E-state index in [0.29, 0.717) is 12.1 Å². The molecule has 104 valence electrons.